The predicted octanol–water partition coefficient (Wildman–Crippen LogP) is 4.94. The summed E-state index contributed by atoms with van der Waals surface area (Å²) < 4.78 is 32.5. The average Bonchev–Trinajstić information content (AvgIpc) is 3.23. The lowest BCUT2D eigenvalue weighted by Crippen LogP contribution is -2.14. The van der Waals surface area contributed by atoms with Crippen molar-refractivity contribution in [2.24, 2.45) is 0 Å². The summed E-state index contributed by atoms with van der Waals surface area (Å²) in [5, 5.41) is 4.97. The number of benzene rings is 2. The first-order valence-electron chi connectivity index (χ1n) is 8.30. The summed E-state index contributed by atoms with van der Waals surface area (Å²) >= 11 is 8.44. The van der Waals surface area contributed by atoms with E-state index in [1.54, 1.807) is 60.0 Å². The van der Waals surface area contributed by atoms with Crippen LogP contribution < -0.4 is 14.8 Å². The molecule has 0 atom stereocenters. The van der Waals surface area contributed by atoms with Gasteiger partial charge in [-0.25, -0.2) is 8.42 Å². The lowest BCUT2D eigenvalue weighted by Gasteiger charge is -2.10. The number of carbonyl (C=O) groups excluding carboxylic acids is 1. The fraction of sp³-hybridized carbons (Fsp3) is 0.105. The van der Waals surface area contributed by atoms with Crippen LogP contribution in [-0.2, 0) is 14.8 Å². The fourth-order valence-electron chi connectivity index (χ4n) is 2.35. The zero-order chi connectivity index (χ0) is 20.9. The maximum absolute atomic E-state index is 12.2. The van der Waals surface area contributed by atoms with Crippen LogP contribution >= 0.6 is 34.7 Å². The van der Waals surface area contributed by atoms with Gasteiger partial charge in [0.05, 0.1) is 18.6 Å². The number of carbonyl (C=O) groups is 1. The molecule has 1 aromatic heterocycles. The maximum Gasteiger partial charge on any atom is 0.271 e. The number of amides is 1. The maximum atomic E-state index is 12.2. The lowest BCUT2D eigenvalue weighted by molar-refractivity contribution is -0.113. The number of thiophene rings is 1. The minimum absolute atomic E-state index is 0.177. The van der Waals surface area contributed by atoms with Crippen LogP contribution in [0.3, 0.4) is 0 Å². The van der Waals surface area contributed by atoms with E-state index in [9.17, 15) is 13.2 Å². The van der Waals surface area contributed by atoms with E-state index in [1.807, 2.05) is 0 Å². The molecule has 3 aromatic rings. The molecule has 0 aliphatic carbocycles. The molecular weight excluding hydrogens is 452 g/mol. The largest absolute Gasteiger partial charge is 0.495 e. The Bertz CT molecular complexity index is 1090. The number of anilines is 2. The smallest absolute Gasteiger partial charge is 0.271 e. The van der Waals surface area contributed by atoms with Crippen molar-refractivity contribution in [3.8, 4) is 5.75 Å². The van der Waals surface area contributed by atoms with E-state index < -0.39 is 10.0 Å². The van der Waals surface area contributed by atoms with Crippen molar-refractivity contribution in [2.45, 2.75) is 9.10 Å². The van der Waals surface area contributed by atoms with Crippen LogP contribution in [0.1, 0.15) is 0 Å². The number of ether oxygens (including phenoxy) is 1. The Hall–Kier alpha value is -2.20. The van der Waals surface area contributed by atoms with E-state index in [4.69, 9.17) is 16.3 Å². The molecule has 0 aliphatic rings. The highest BCUT2D eigenvalue weighted by Crippen LogP contribution is 2.28. The van der Waals surface area contributed by atoms with Crippen LogP contribution in [0, 0.1) is 0 Å². The molecule has 29 heavy (non-hydrogen) atoms. The molecule has 152 valence electrons. The number of nitrogens with one attached hydrogen (secondary N) is 2. The number of thioether (sulfide) groups is 1. The van der Waals surface area contributed by atoms with E-state index in [0.717, 1.165) is 16.2 Å². The Kier molecular flexibility index (Phi) is 7.07. The molecule has 0 radical (unpaired) electrons. The van der Waals surface area contributed by atoms with Crippen LogP contribution in [0.15, 0.2) is 69.1 Å². The standard InChI is InChI=1S/C19H17ClN2O4S3/c1-26-17-9-4-13(20)11-16(17)21-18(23)12-28-15-7-5-14(6-8-15)22-29(24,25)19-3-2-10-27-19/h2-11,22H,12H2,1H3,(H,21,23). The summed E-state index contributed by atoms with van der Waals surface area (Å²) in [5.74, 6) is 0.490. The van der Waals surface area contributed by atoms with E-state index in [0.29, 0.717) is 22.1 Å². The zero-order valence-corrected chi connectivity index (χ0v) is 18.4. The third kappa shape index (κ3) is 5.89. The third-order valence-corrected chi connectivity index (χ3v) is 7.70. The molecule has 3 rings (SSSR count). The summed E-state index contributed by atoms with van der Waals surface area (Å²) in [6, 6.07) is 15.0. The molecule has 0 saturated heterocycles. The van der Waals surface area contributed by atoms with E-state index in [1.165, 1.54) is 18.9 Å². The van der Waals surface area contributed by atoms with Crippen molar-refractivity contribution < 1.29 is 17.9 Å². The number of rotatable bonds is 8. The van der Waals surface area contributed by atoms with Crippen molar-refractivity contribution in [3.63, 3.8) is 0 Å². The van der Waals surface area contributed by atoms with Crippen molar-refractivity contribution >= 4 is 62.0 Å². The Morgan fingerprint density at radius 3 is 2.59 bits per heavy atom. The van der Waals surface area contributed by atoms with Gasteiger partial charge < -0.3 is 10.1 Å². The van der Waals surface area contributed by atoms with Gasteiger partial charge in [-0.2, -0.15) is 0 Å². The number of sulfonamides is 1. The van der Waals surface area contributed by atoms with Gasteiger partial charge in [0.1, 0.15) is 9.96 Å². The first-order chi connectivity index (χ1) is 13.9. The van der Waals surface area contributed by atoms with E-state index in [2.05, 4.69) is 10.0 Å². The van der Waals surface area contributed by atoms with Gasteiger partial charge in [0.2, 0.25) is 5.91 Å². The van der Waals surface area contributed by atoms with Crippen molar-refractivity contribution in [1.29, 1.82) is 0 Å². The minimum Gasteiger partial charge on any atom is -0.495 e. The molecule has 2 aromatic carbocycles. The summed E-state index contributed by atoms with van der Waals surface area (Å²) in [6.07, 6.45) is 0. The fourth-order valence-corrected chi connectivity index (χ4v) is 5.28. The van der Waals surface area contributed by atoms with Crippen LogP contribution in [0.2, 0.25) is 5.02 Å². The van der Waals surface area contributed by atoms with Gasteiger partial charge in [0.15, 0.2) is 0 Å². The second kappa shape index (κ2) is 9.53. The van der Waals surface area contributed by atoms with Gasteiger partial charge in [0.25, 0.3) is 10.0 Å². The second-order valence-electron chi connectivity index (χ2n) is 5.74. The lowest BCUT2D eigenvalue weighted by atomic mass is 10.3. The third-order valence-electron chi connectivity index (χ3n) is 3.67. The van der Waals surface area contributed by atoms with Crippen molar-refractivity contribution in [1.82, 2.24) is 0 Å². The molecular formula is C19H17ClN2O4S3. The topological polar surface area (TPSA) is 84.5 Å². The number of methoxy groups -OCH3 is 1. The van der Waals surface area contributed by atoms with Crippen molar-refractivity contribution in [3.05, 3.63) is 65.0 Å². The molecule has 1 amide bonds. The van der Waals surface area contributed by atoms with Gasteiger partial charge in [-0.15, -0.1) is 23.1 Å². The molecule has 0 aliphatic heterocycles. The zero-order valence-electron chi connectivity index (χ0n) is 15.2. The average molecular weight is 469 g/mol. The van der Waals surface area contributed by atoms with Crippen LogP contribution in [0.25, 0.3) is 0 Å². The first kappa shape index (κ1) is 21.5. The van der Waals surface area contributed by atoms with Gasteiger partial charge in [-0.3, -0.25) is 9.52 Å². The molecule has 0 saturated carbocycles. The monoisotopic (exact) mass is 468 g/mol. The van der Waals surface area contributed by atoms with Crippen molar-refractivity contribution in [2.75, 3.05) is 22.9 Å². The summed E-state index contributed by atoms with van der Waals surface area (Å²) in [5.41, 5.74) is 0.958. The molecule has 1 heterocycles. The molecule has 2 N–H and O–H groups in total. The SMILES string of the molecule is COc1ccc(Cl)cc1NC(=O)CSc1ccc(NS(=O)(=O)c2cccs2)cc1. The summed E-state index contributed by atoms with van der Waals surface area (Å²) in [4.78, 5) is 13.1. The number of halogens is 1. The van der Waals surface area contributed by atoms with Crippen LogP contribution in [-0.4, -0.2) is 27.2 Å². The Morgan fingerprint density at radius 1 is 1.17 bits per heavy atom. The quantitative estimate of drug-likeness (QED) is 0.457. The number of hydrogen-bond donors (Lipinski definition) is 2. The molecule has 0 spiro atoms. The highest BCUT2D eigenvalue weighted by molar-refractivity contribution is 8.00. The Balaban J connectivity index is 1.56. The van der Waals surface area contributed by atoms with Crippen LogP contribution in [0.4, 0.5) is 11.4 Å². The highest BCUT2D eigenvalue weighted by Gasteiger charge is 2.15. The van der Waals surface area contributed by atoms with Gasteiger partial charge in [-0.05, 0) is 53.9 Å². The number of hydrogen-bond acceptors (Lipinski definition) is 6. The van der Waals surface area contributed by atoms with Crippen LogP contribution in [0.5, 0.6) is 5.75 Å². The molecule has 0 bridgehead atoms. The summed E-state index contributed by atoms with van der Waals surface area (Å²) in [7, 11) is -2.06. The molecule has 10 heteroatoms. The van der Waals surface area contributed by atoms with E-state index in [-0.39, 0.29) is 15.9 Å². The Morgan fingerprint density at radius 2 is 1.93 bits per heavy atom. The van der Waals surface area contributed by atoms with Gasteiger partial charge in [0, 0.05) is 15.6 Å². The normalized spacial score (nSPS) is 11.1. The second-order valence-corrected chi connectivity index (χ2v) is 10.1. The predicted molar refractivity (Wildman–Crippen MR) is 119 cm³/mol. The highest BCUT2D eigenvalue weighted by atomic mass is 35.5. The van der Waals surface area contributed by atoms with Gasteiger partial charge >= 0.3 is 0 Å². The Labute approximate surface area is 182 Å². The summed E-state index contributed by atoms with van der Waals surface area (Å²) in [6.45, 7) is 0. The molecule has 6 nitrogen and oxygen atoms in total. The molecule has 0 fully saturated rings. The first-order valence-corrected chi connectivity index (χ1v) is 12.0. The van der Waals surface area contributed by atoms with Gasteiger partial charge in [-0.1, -0.05) is 17.7 Å². The van der Waals surface area contributed by atoms with E-state index >= 15 is 0 Å². The molecule has 0 unspecified atom stereocenters. The minimum atomic E-state index is -3.58.